The molecule has 1 heterocycles. The Labute approximate surface area is 84.1 Å². The van der Waals surface area contributed by atoms with Crippen LogP contribution in [0.4, 0.5) is 0 Å². The molecule has 0 fully saturated rings. The standard InChI is InChI=1S/C11H12ClN/c1-2-10-6-7-11(13-9-10)5-3-4-8-12/h6-7,9H,2,5,8H2,1H3. The van der Waals surface area contributed by atoms with E-state index in [1.165, 1.54) is 5.56 Å². The monoisotopic (exact) mass is 193 g/mol. The summed E-state index contributed by atoms with van der Waals surface area (Å²) >= 11 is 5.42. The first-order chi connectivity index (χ1) is 6.36. The second-order valence-corrected chi connectivity index (χ2v) is 2.94. The van der Waals surface area contributed by atoms with Crippen molar-refractivity contribution < 1.29 is 0 Å². The Morgan fingerprint density at radius 3 is 2.77 bits per heavy atom. The van der Waals surface area contributed by atoms with Crippen LogP contribution in [0.1, 0.15) is 18.2 Å². The minimum absolute atomic E-state index is 0.396. The van der Waals surface area contributed by atoms with Crippen LogP contribution >= 0.6 is 11.6 Å². The fourth-order valence-corrected chi connectivity index (χ4v) is 1.06. The zero-order chi connectivity index (χ0) is 9.52. The first kappa shape index (κ1) is 10.1. The Balaban J connectivity index is 2.59. The molecule has 1 aromatic rings. The van der Waals surface area contributed by atoms with E-state index in [9.17, 15) is 0 Å². The highest BCUT2D eigenvalue weighted by molar-refractivity contribution is 6.19. The van der Waals surface area contributed by atoms with Crippen LogP contribution in [0.5, 0.6) is 0 Å². The van der Waals surface area contributed by atoms with Gasteiger partial charge in [-0.05, 0) is 18.1 Å². The molecule has 0 aliphatic heterocycles. The van der Waals surface area contributed by atoms with Crippen molar-refractivity contribution in [3.05, 3.63) is 29.6 Å². The molecule has 0 aromatic carbocycles. The van der Waals surface area contributed by atoms with Crippen LogP contribution in [0.15, 0.2) is 18.3 Å². The van der Waals surface area contributed by atoms with E-state index >= 15 is 0 Å². The average molecular weight is 194 g/mol. The molecule has 0 saturated carbocycles. The van der Waals surface area contributed by atoms with E-state index in [4.69, 9.17) is 11.6 Å². The topological polar surface area (TPSA) is 12.9 Å². The molecular formula is C11H12ClN. The summed E-state index contributed by atoms with van der Waals surface area (Å²) in [6.45, 7) is 2.12. The number of pyridine rings is 1. The Hall–Kier alpha value is -1.000. The maximum Gasteiger partial charge on any atom is 0.0835 e. The average Bonchev–Trinajstić information content (AvgIpc) is 2.19. The zero-order valence-electron chi connectivity index (χ0n) is 7.68. The Morgan fingerprint density at radius 1 is 1.38 bits per heavy atom. The molecule has 0 amide bonds. The fraction of sp³-hybridized carbons (Fsp3) is 0.364. The van der Waals surface area contributed by atoms with Gasteiger partial charge in [-0.15, -0.1) is 11.6 Å². The van der Waals surface area contributed by atoms with Crippen molar-refractivity contribution in [3.63, 3.8) is 0 Å². The van der Waals surface area contributed by atoms with Crippen molar-refractivity contribution in [2.24, 2.45) is 0 Å². The van der Waals surface area contributed by atoms with E-state index in [1.807, 2.05) is 12.3 Å². The van der Waals surface area contributed by atoms with Crippen LogP contribution in [0, 0.1) is 11.8 Å². The predicted octanol–water partition coefficient (Wildman–Crippen LogP) is 2.43. The molecule has 0 radical (unpaired) electrons. The molecule has 0 bridgehead atoms. The third kappa shape index (κ3) is 3.48. The third-order valence-corrected chi connectivity index (χ3v) is 1.89. The highest BCUT2D eigenvalue weighted by Crippen LogP contribution is 2.00. The van der Waals surface area contributed by atoms with Gasteiger partial charge in [-0.3, -0.25) is 4.98 Å². The molecule has 1 rings (SSSR count). The summed E-state index contributed by atoms with van der Waals surface area (Å²) in [6.07, 6.45) is 3.62. The number of hydrogen-bond donors (Lipinski definition) is 0. The highest BCUT2D eigenvalue weighted by atomic mass is 35.5. The van der Waals surface area contributed by atoms with Gasteiger partial charge in [-0.25, -0.2) is 0 Å². The summed E-state index contributed by atoms with van der Waals surface area (Å²) in [5.41, 5.74) is 2.27. The van der Waals surface area contributed by atoms with Crippen LogP contribution in [-0.2, 0) is 12.8 Å². The predicted molar refractivity (Wildman–Crippen MR) is 55.8 cm³/mol. The van der Waals surface area contributed by atoms with Crippen molar-refractivity contribution in [1.29, 1.82) is 0 Å². The van der Waals surface area contributed by atoms with Crippen LogP contribution in [0.3, 0.4) is 0 Å². The van der Waals surface area contributed by atoms with Gasteiger partial charge in [0, 0.05) is 6.20 Å². The van der Waals surface area contributed by atoms with E-state index in [0.717, 1.165) is 12.1 Å². The van der Waals surface area contributed by atoms with Crippen molar-refractivity contribution in [3.8, 4) is 11.8 Å². The second-order valence-electron chi connectivity index (χ2n) is 2.68. The number of aryl methyl sites for hydroxylation is 1. The normalized spacial score (nSPS) is 9.08. The quantitative estimate of drug-likeness (QED) is 0.520. The Morgan fingerprint density at radius 2 is 2.23 bits per heavy atom. The van der Waals surface area contributed by atoms with Crippen LogP contribution in [0.25, 0.3) is 0 Å². The molecule has 1 aromatic heterocycles. The zero-order valence-corrected chi connectivity index (χ0v) is 8.43. The van der Waals surface area contributed by atoms with E-state index in [2.05, 4.69) is 29.8 Å². The molecule has 13 heavy (non-hydrogen) atoms. The maximum absolute atomic E-state index is 5.42. The molecule has 0 aliphatic rings. The molecule has 0 spiro atoms. The SMILES string of the molecule is CCc1ccc(CC#CCCl)nc1. The number of nitrogens with zero attached hydrogens (tertiary/aromatic N) is 1. The number of aromatic nitrogens is 1. The molecule has 1 nitrogen and oxygen atoms in total. The summed E-state index contributed by atoms with van der Waals surface area (Å²) < 4.78 is 0. The number of alkyl halides is 1. The Bertz CT molecular complexity index is 305. The maximum atomic E-state index is 5.42. The molecule has 0 saturated heterocycles. The van der Waals surface area contributed by atoms with Crippen LogP contribution in [0.2, 0.25) is 0 Å². The fourth-order valence-electron chi connectivity index (χ4n) is 0.969. The van der Waals surface area contributed by atoms with Gasteiger partial charge in [0.05, 0.1) is 18.0 Å². The van der Waals surface area contributed by atoms with E-state index < -0.39 is 0 Å². The summed E-state index contributed by atoms with van der Waals surface area (Å²) in [4.78, 5) is 4.28. The van der Waals surface area contributed by atoms with Crippen molar-refractivity contribution in [2.45, 2.75) is 19.8 Å². The van der Waals surface area contributed by atoms with Gasteiger partial charge in [-0.1, -0.05) is 24.8 Å². The highest BCUT2D eigenvalue weighted by Gasteiger charge is 1.91. The molecule has 0 N–H and O–H groups in total. The van der Waals surface area contributed by atoms with Gasteiger partial charge in [0.15, 0.2) is 0 Å². The van der Waals surface area contributed by atoms with E-state index in [1.54, 1.807) is 0 Å². The van der Waals surface area contributed by atoms with Crippen LogP contribution < -0.4 is 0 Å². The van der Waals surface area contributed by atoms with Crippen molar-refractivity contribution in [2.75, 3.05) is 5.88 Å². The lowest BCUT2D eigenvalue weighted by atomic mass is 10.2. The Kier molecular flexibility index (Phi) is 4.35. The largest absolute Gasteiger partial charge is 0.260 e. The molecular weight excluding hydrogens is 182 g/mol. The van der Waals surface area contributed by atoms with Gasteiger partial charge in [0.25, 0.3) is 0 Å². The second kappa shape index (κ2) is 5.61. The van der Waals surface area contributed by atoms with E-state index in [0.29, 0.717) is 12.3 Å². The molecule has 68 valence electrons. The van der Waals surface area contributed by atoms with Crippen molar-refractivity contribution in [1.82, 2.24) is 4.98 Å². The minimum Gasteiger partial charge on any atom is -0.260 e. The van der Waals surface area contributed by atoms with Gasteiger partial charge in [-0.2, -0.15) is 0 Å². The third-order valence-electron chi connectivity index (χ3n) is 1.76. The van der Waals surface area contributed by atoms with Gasteiger partial charge in [0.1, 0.15) is 0 Å². The summed E-state index contributed by atoms with van der Waals surface area (Å²) in [7, 11) is 0. The molecule has 2 heteroatoms. The number of rotatable bonds is 2. The van der Waals surface area contributed by atoms with Crippen molar-refractivity contribution >= 4 is 11.6 Å². The van der Waals surface area contributed by atoms with Gasteiger partial charge in [0.2, 0.25) is 0 Å². The molecule has 0 aliphatic carbocycles. The smallest absolute Gasteiger partial charge is 0.0835 e. The van der Waals surface area contributed by atoms with Crippen LogP contribution in [-0.4, -0.2) is 10.9 Å². The van der Waals surface area contributed by atoms with E-state index in [-0.39, 0.29) is 0 Å². The lowest BCUT2D eigenvalue weighted by molar-refractivity contribution is 1.06. The number of hydrogen-bond acceptors (Lipinski definition) is 1. The molecule has 0 atom stereocenters. The summed E-state index contributed by atoms with van der Waals surface area (Å²) in [5.74, 6) is 6.14. The molecule has 0 unspecified atom stereocenters. The van der Waals surface area contributed by atoms with Gasteiger partial charge < -0.3 is 0 Å². The summed E-state index contributed by atoms with van der Waals surface area (Å²) in [6, 6.07) is 4.10. The van der Waals surface area contributed by atoms with Gasteiger partial charge >= 0.3 is 0 Å². The lowest BCUT2D eigenvalue weighted by Gasteiger charge is -1.96. The lowest BCUT2D eigenvalue weighted by Crippen LogP contribution is -1.89. The first-order valence-electron chi connectivity index (χ1n) is 4.32. The number of halogens is 1. The minimum atomic E-state index is 0.396. The first-order valence-corrected chi connectivity index (χ1v) is 4.85. The summed E-state index contributed by atoms with van der Waals surface area (Å²) in [5, 5.41) is 0.